The Morgan fingerprint density at radius 3 is 1.48 bits per heavy atom. The molecule has 0 heterocycles. The predicted octanol–water partition coefficient (Wildman–Crippen LogP) is 12.0. The molecule has 0 radical (unpaired) electrons. The van der Waals surface area contributed by atoms with Crippen molar-refractivity contribution in [2.45, 2.75) is 245 Å². The van der Waals surface area contributed by atoms with Crippen LogP contribution in [-0.4, -0.2) is 72.1 Å². The minimum absolute atomic E-state index is 0.00938. The van der Waals surface area contributed by atoms with Crippen molar-refractivity contribution in [1.29, 1.82) is 0 Å². The van der Waals surface area contributed by atoms with E-state index in [9.17, 15) is 19.8 Å². The van der Waals surface area contributed by atoms with Gasteiger partial charge in [-0.05, 0) is 70.8 Å². The molecule has 0 aliphatic rings. The second kappa shape index (κ2) is 41.0. The molecule has 310 valence electrons. The van der Waals surface area contributed by atoms with Gasteiger partial charge in [-0.3, -0.25) is 9.59 Å². The SMILES string of the molecule is CCCCCCCCCOC(=O)CCCCCC(O)CN(CCCO)CCCCCCCC(=O)OC(CCCCCCCC)CCCCCCCC. The third-order valence-electron chi connectivity index (χ3n) is 10.4. The number of nitrogens with zero attached hydrogens (tertiary/aromatic N) is 1. The number of carbonyl (C=O) groups excluding carboxylic acids is 2. The number of carbonyl (C=O) groups is 2. The van der Waals surface area contributed by atoms with Gasteiger partial charge in [0.25, 0.3) is 0 Å². The summed E-state index contributed by atoms with van der Waals surface area (Å²) in [5.41, 5.74) is 0. The van der Waals surface area contributed by atoms with Crippen molar-refractivity contribution in [3.63, 3.8) is 0 Å². The van der Waals surface area contributed by atoms with Gasteiger partial charge >= 0.3 is 11.9 Å². The first-order valence-corrected chi connectivity index (χ1v) is 22.8. The molecule has 1 atom stereocenters. The largest absolute Gasteiger partial charge is 0.466 e. The van der Waals surface area contributed by atoms with Crippen LogP contribution in [0.5, 0.6) is 0 Å². The molecule has 0 saturated heterocycles. The average molecular weight is 740 g/mol. The average Bonchev–Trinajstić information content (AvgIpc) is 3.13. The van der Waals surface area contributed by atoms with Crippen molar-refractivity contribution in [1.82, 2.24) is 4.90 Å². The molecule has 0 bridgehead atoms. The first kappa shape index (κ1) is 50.8. The molecule has 7 nitrogen and oxygen atoms in total. The molecular formula is C45H89NO6. The molecule has 0 aromatic carbocycles. The highest BCUT2D eigenvalue weighted by molar-refractivity contribution is 5.69. The maximum Gasteiger partial charge on any atom is 0.306 e. The topological polar surface area (TPSA) is 96.3 Å². The highest BCUT2D eigenvalue weighted by Gasteiger charge is 2.15. The van der Waals surface area contributed by atoms with Crippen LogP contribution in [0.2, 0.25) is 0 Å². The fourth-order valence-electron chi connectivity index (χ4n) is 7.07. The first-order valence-electron chi connectivity index (χ1n) is 22.8. The lowest BCUT2D eigenvalue weighted by Crippen LogP contribution is -2.34. The molecule has 0 rings (SSSR count). The summed E-state index contributed by atoms with van der Waals surface area (Å²) < 4.78 is 11.4. The Labute approximate surface area is 323 Å². The van der Waals surface area contributed by atoms with Crippen molar-refractivity contribution in [3.8, 4) is 0 Å². The second-order valence-electron chi connectivity index (χ2n) is 15.7. The van der Waals surface area contributed by atoms with E-state index >= 15 is 0 Å². The molecule has 0 aliphatic carbocycles. The minimum Gasteiger partial charge on any atom is -0.466 e. The van der Waals surface area contributed by atoms with E-state index in [1.807, 2.05) is 0 Å². The van der Waals surface area contributed by atoms with Gasteiger partial charge < -0.3 is 24.6 Å². The van der Waals surface area contributed by atoms with Crippen LogP contribution < -0.4 is 0 Å². The lowest BCUT2D eigenvalue weighted by molar-refractivity contribution is -0.150. The van der Waals surface area contributed by atoms with Crippen molar-refractivity contribution in [2.24, 2.45) is 0 Å². The van der Waals surface area contributed by atoms with E-state index in [0.717, 1.165) is 96.6 Å². The lowest BCUT2D eigenvalue weighted by atomic mass is 10.0. The third kappa shape index (κ3) is 37.1. The molecule has 7 heteroatoms. The third-order valence-corrected chi connectivity index (χ3v) is 10.4. The summed E-state index contributed by atoms with van der Waals surface area (Å²) in [7, 11) is 0. The second-order valence-corrected chi connectivity index (χ2v) is 15.7. The number of hydrogen-bond acceptors (Lipinski definition) is 7. The van der Waals surface area contributed by atoms with E-state index in [0.29, 0.717) is 32.4 Å². The van der Waals surface area contributed by atoms with E-state index in [1.54, 1.807) is 0 Å². The summed E-state index contributed by atoms with van der Waals surface area (Å²) in [5.74, 6) is -0.0993. The zero-order valence-corrected chi connectivity index (χ0v) is 35.0. The smallest absolute Gasteiger partial charge is 0.306 e. The molecule has 0 aromatic heterocycles. The van der Waals surface area contributed by atoms with Crippen molar-refractivity contribution >= 4 is 11.9 Å². The summed E-state index contributed by atoms with van der Waals surface area (Å²) in [6, 6.07) is 0. The highest BCUT2D eigenvalue weighted by atomic mass is 16.5. The Morgan fingerprint density at radius 2 is 0.923 bits per heavy atom. The molecule has 52 heavy (non-hydrogen) atoms. The molecular weight excluding hydrogens is 650 g/mol. The van der Waals surface area contributed by atoms with Gasteiger partial charge in [0.2, 0.25) is 0 Å². The standard InChI is InChI=1S/C45H89NO6/c1-4-7-10-13-16-22-30-40-51-44(49)35-28-23-24-32-42(48)41-46(38-31-39-47)37-29-21-17-20-27-36-45(50)52-43(33-25-18-14-11-8-5-2)34-26-19-15-12-9-6-3/h42-43,47-48H,4-41H2,1-3H3. The van der Waals surface area contributed by atoms with Crippen LogP contribution in [0.25, 0.3) is 0 Å². The molecule has 0 fully saturated rings. The number of ether oxygens (including phenoxy) is 2. The summed E-state index contributed by atoms with van der Waals surface area (Å²) in [6.07, 6.45) is 35.8. The maximum atomic E-state index is 12.7. The van der Waals surface area contributed by atoms with Gasteiger partial charge in [0, 0.05) is 32.5 Å². The fraction of sp³-hybridized carbons (Fsp3) is 0.956. The van der Waals surface area contributed by atoms with Gasteiger partial charge in [-0.1, -0.05) is 156 Å². The van der Waals surface area contributed by atoms with Crippen LogP contribution in [-0.2, 0) is 19.1 Å². The van der Waals surface area contributed by atoms with Gasteiger partial charge in [-0.15, -0.1) is 0 Å². The summed E-state index contributed by atoms with van der Waals surface area (Å²) in [4.78, 5) is 27.0. The normalized spacial score (nSPS) is 12.2. The fourth-order valence-corrected chi connectivity index (χ4v) is 7.07. The van der Waals surface area contributed by atoms with E-state index in [-0.39, 0.29) is 30.8 Å². The number of rotatable bonds is 42. The van der Waals surface area contributed by atoms with E-state index in [4.69, 9.17) is 9.47 Å². The minimum atomic E-state index is -0.389. The quantitative estimate of drug-likeness (QED) is 0.0475. The van der Waals surface area contributed by atoms with Crippen molar-refractivity contribution in [3.05, 3.63) is 0 Å². The Bertz CT molecular complexity index is 733. The molecule has 0 amide bonds. The molecule has 2 N–H and O–H groups in total. The van der Waals surface area contributed by atoms with Crippen molar-refractivity contribution in [2.75, 3.05) is 32.8 Å². The van der Waals surface area contributed by atoms with E-state index < -0.39 is 0 Å². The van der Waals surface area contributed by atoms with Crippen LogP contribution in [0.4, 0.5) is 0 Å². The molecule has 1 unspecified atom stereocenters. The Morgan fingerprint density at radius 1 is 0.500 bits per heavy atom. The molecule has 0 aliphatic heterocycles. The van der Waals surface area contributed by atoms with Gasteiger partial charge in [-0.25, -0.2) is 0 Å². The first-order chi connectivity index (χ1) is 25.5. The van der Waals surface area contributed by atoms with Gasteiger partial charge in [0.15, 0.2) is 0 Å². The zero-order valence-electron chi connectivity index (χ0n) is 35.0. The summed E-state index contributed by atoms with van der Waals surface area (Å²) >= 11 is 0. The number of aliphatic hydroxyl groups is 2. The van der Waals surface area contributed by atoms with Crippen LogP contribution in [0.15, 0.2) is 0 Å². The molecule has 0 aromatic rings. The maximum absolute atomic E-state index is 12.7. The van der Waals surface area contributed by atoms with E-state index in [1.165, 1.54) is 109 Å². The zero-order chi connectivity index (χ0) is 38.2. The van der Waals surface area contributed by atoms with E-state index in [2.05, 4.69) is 25.7 Å². The van der Waals surface area contributed by atoms with Gasteiger partial charge in [0.1, 0.15) is 6.10 Å². The Kier molecular flexibility index (Phi) is 40.1. The number of hydrogen-bond donors (Lipinski definition) is 2. The lowest BCUT2D eigenvalue weighted by Gasteiger charge is -2.25. The number of esters is 2. The van der Waals surface area contributed by atoms with Crippen LogP contribution in [0.3, 0.4) is 0 Å². The summed E-state index contributed by atoms with van der Waals surface area (Å²) in [6.45, 7) is 9.79. The Hall–Kier alpha value is -1.18. The van der Waals surface area contributed by atoms with Gasteiger partial charge in [-0.2, -0.15) is 0 Å². The molecule has 0 saturated carbocycles. The predicted molar refractivity (Wildman–Crippen MR) is 220 cm³/mol. The van der Waals surface area contributed by atoms with Crippen molar-refractivity contribution < 1.29 is 29.3 Å². The highest BCUT2D eigenvalue weighted by Crippen LogP contribution is 2.19. The number of unbranched alkanes of at least 4 members (excludes halogenated alkanes) is 22. The van der Waals surface area contributed by atoms with Crippen LogP contribution >= 0.6 is 0 Å². The number of aliphatic hydroxyl groups excluding tert-OH is 2. The Balaban J connectivity index is 4.13. The monoisotopic (exact) mass is 740 g/mol. The van der Waals surface area contributed by atoms with Crippen LogP contribution in [0.1, 0.15) is 233 Å². The van der Waals surface area contributed by atoms with Gasteiger partial charge in [0.05, 0.1) is 12.7 Å². The summed E-state index contributed by atoms with van der Waals surface area (Å²) in [5, 5.41) is 20.1. The van der Waals surface area contributed by atoms with Crippen LogP contribution in [0, 0.1) is 0 Å². The molecule has 0 spiro atoms.